The van der Waals surface area contributed by atoms with Crippen molar-refractivity contribution in [2.45, 2.75) is 44.2 Å². The van der Waals surface area contributed by atoms with Gasteiger partial charge in [-0.25, -0.2) is 14.6 Å². The minimum atomic E-state index is -0.944. The first-order chi connectivity index (χ1) is 12.3. The van der Waals surface area contributed by atoms with Gasteiger partial charge in [0.15, 0.2) is 0 Å². The van der Waals surface area contributed by atoms with Crippen LogP contribution in [0.2, 0.25) is 0 Å². The molecule has 1 aromatic heterocycles. The van der Waals surface area contributed by atoms with Crippen LogP contribution in [-0.2, 0) is 25.6 Å². The first-order valence-electron chi connectivity index (χ1n) is 8.05. The molecule has 0 aliphatic carbocycles. The van der Waals surface area contributed by atoms with Crippen molar-refractivity contribution in [2.75, 3.05) is 6.54 Å². The van der Waals surface area contributed by atoms with Gasteiger partial charge in [-0.05, 0) is 19.4 Å². The molecule has 3 rings (SSSR count). The van der Waals surface area contributed by atoms with E-state index in [1.807, 2.05) is 0 Å². The largest absolute Gasteiger partial charge is 0.480 e. The topological polar surface area (TPSA) is 188 Å². The van der Waals surface area contributed by atoms with E-state index in [1.165, 1.54) is 0 Å². The third kappa shape index (κ3) is 7.75. The van der Waals surface area contributed by atoms with E-state index in [1.54, 1.807) is 12.5 Å². The molecular weight excluding hydrogens is 346 g/mol. The number of carboxylic acids is 2. The molecule has 2 aliphatic rings. The van der Waals surface area contributed by atoms with Crippen LogP contribution in [0.15, 0.2) is 12.5 Å². The second kappa shape index (κ2) is 10.8. The Morgan fingerprint density at radius 3 is 1.81 bits per heavy atom. The Bertz CT molecular complexity index is 582. The number of nitrogens with two attached hydrogens (primary N) is 1. The number of amides is 2. The van der Waals surface area contributed by atoms with Crippen LogP contribution in [0, 0.1) is 0 Å². The number of nitrogens with one attached hydrogen (secondary N) is 3. The standard InChI is InChI=1S/C5H9N3.2C5H7NO3/c6-2-1-5-3-7-4-8-5;2*7-4-2-1-3(6-4)5(8)9/h3-4H,1-2,6H2,(H,7,8);2*3H,1-2H2,(H,6,7)(H,8,9)/t;2*3-/m.00/s1. The lowest BCUT2D eigenvalue weighted by Gasteiger charge is -1.99. The summed E-state index contributed by atoms with van der Waals surface area (Å²) in [5, 5.41) is 21.3. The van der Waals surface area contributed by atoms with E-state index >= 15 is 0 Å². The van der Waals surface area contributed by atoms with Gasteiger partial charge in [-0.2, -0.15) is 0 Å². The molecule has 2 atom stereocenters. The van der Waals surface area contributed by atoms with Gasteiger partial charge in [0, 0.05) is 31.2 Å². The monoisotopic (exact) mass is 369 g/mol. The molecular formula is C15H23N5O6. The second-order valence-corrected chi connectivity index (χ2v) is 5.61. The summed E-state index contributed by atoms with van der Waals surface area (Å²) in [6, 6.07) is -1.28. The van der Waals surface area contributed by atoms with E-state index in [0.29, 0.717) is 32.2 Å². The fourth-order valence-electron chi connectivity index (χ4n) is 2.18. The lowest BCUT2D eigenvalue weighted by molar-refractivity contribution is -0.140. The predicted octanol–water partition coefficient (Wildman–Crippen LogP) is -1.39. The van der Waals surface area contributed by atoms with Gasteiger partial charge >= 0.3 is 11.9 Å². The maximum absolute atomic E-state index is 10.4. The van der Waals surface area contributed by atoms with Crippen molar-refractivity contribution in [2.24, 2.45) is 5.73 Å². The SMILES string of the molecule is NCCc1cnc[nH]1.O=C1CC[C@@H](C(=O)O)N1.O=C1CC[C@@H](C(=O)O)N1. The number of rotatable bonds is 4. The molecule has 0 radical (unpaired) electrons. The third-order valence-corrected chi connectivity index (χ3v) is 3.56. The number of carboxylic acid groups (broad SMARTS) is 2. The molecule has 2 fully saturated rings. The molecule has 2 amide bonds. The highest BCUT2D eigenvalue weighted by atomic mass is 16.4. The smallest absolute Gasteiger partial charge is 0.326 e. The van der Waals surface area contributed by atoms with E-state index in [9.17, 15) is 19.2 Å². The molecule has 144 valence electrons. The van der Waals surface area contributed by atoms with Crippen molar-refractivity contribution in [1.29, 1.82) is 0 Å². The average molecular weight is 369 g/mol. The Kier molecular flexibility index (Phi) is 8.78. The van der Waals surface area contributed by atoms with Gasteiger partial charge in [-0.1, -0.05) is 0 Å². The molecule has 1 aromatic rings. The Morgan fingerprint density at radius 2 is 1.58 bits per heavy atom. The van der Waals surface area contributed by atoms with Crippen LogP contribution in [0.3, 0.4) is 0 Å². The van der Waals surface area contributed by atoms with Crippen molar-refractivity contribution < 1.29 is 29.4 Å². The van der Waals surface area contributed by atoms with Gasteiger partial charge in [0.2, 0.25) is 11.8 Å². The number of imidazole rings is 1. The second-order valence-electron chi connectivity index (χ2n) is 5.61. The maximum atomic E-state index is 10.4. The van der Waals surface area contributed by atoms with Crippen molar-refractivity contribution in [1.82, 2.24) is 20.6 Å². The van der Waals surface area contributed by atoms with E-state index in [0.717, 1.165) is 12.1 Å². The molecule has 11 nitrogen and oxygen atoms in total. The average Bonchev–Trinajstić information content (AvgIpc) is 3.31. The first-order valence-corrected chi connectivity index (χ1v) is 8.05. The molecule has 0 unspecified atom stereocenters. The Labute approximate surface area is 149 Å². The number of aliphatic carboxylic acids is 2. The minimum absolute atomic E-state index is 0.164. The lowest BCUT2D eigenvalue weighted by atomic mass is 10.2. The molecule has 0 bridgehead atoms. The minimum Gasteiger partial charge on any atom is -0.480 e. The summed E-state index contributed by atoms with van der Waals surface area (Å²) < 4.78 is 0. The summed E-state index contributed by atoms with van der Waals surface area (Å²) in [4.78, 5) is 47.8. The number of aromatic amines is 1. The Hall–Kier alpha value is -2.95. The van der Waals surface area contributed by atoms with Gasteiger partial charge in [-0.15, -0.1) is 0 Å². The quantitative estimate of drug-likeness (QED) is 0.374. The van der Waals surface area contributed by atoms with E-state index in [2.05, 4.69) is 20.6 Å². The number of carbonyl (C=O) groups excluding carboxylic acids is 2. The first kappa shape index (κ1) is 21.1. The highest BCUT2D eigenvalue weighted by molar-refractivity contribution is 5.87. The molecule has 26 heavy (non-hydrogen) atoms. The van der Waals surface area contributed by atoms with Gasteiger partial charge in [0.25, 0.3) is 0 Å². The summed E-state index contributed by atoms with van der Waals surface area (Å²) in [5.41, 5.74) is 6.38. The summed E-state index contributed by atoms with van der Waals surface area (Å²) >= 11 is 0. The molecule has 0 saturated carbocycles. The van der Waals surface area contributed by atoms with Crippen LogP contribution in [0.25, 0.3) is 0 Å². The zero-order valence-corrected chi connectivity index (χ0v) is 14.1. The molecule has 11 heteroatoms. The van der Waals surface area contributed by atoms with Crippen molar-refractivity contribution in [3.8, 4) is 0 Å². The van der Waals surface area contributed by atoms with Gasteiger partial charge in [0.1, 0.15) is 12.1 Å². The summed E-state index contributed by atoms with van der Waals surface area (Å²) in [7, 11) is 0. The zero-order chi connectivity index (χ0) is 19.5. The highest BCUT2D eigenvalue weighted by Crippen LogP contribution is 2.06. The Balaban J connectivity index is 0.000000195. The van der Waals surface area contributed by atoms with Gasteiger partial charge in [0.05, 0.1) is 6.33 Å². The van der Waals surface area contributed by atoms with E-state index in [4.69, 9.17) is 15.9 Å². The predicted molar refractivity (Wildman–Crippen MR) is 88.9 cm³/mol. The maximum Gasteiger partial charge on any atom is 0.326 e. The number of nitrogens with zero attached hydrogens (tertiary/aromatic N) is 1. The molecule has 7 N–H and O–H groups in total. The van der Waals surface area contributed by atoms with Crippen molar-refractivity contribution in [3.63, 3.8) is 0 Å². The molecule has 0 spiro atoms. The Morgan fingerprint density at radius 1 is 1.08 bits per heavy atom. The van der Waals surface area contributed by atoms with Crippen LogP contribution in [0.4, 0.5) is 0 Å². The zero-order valence-electron chi connectivity index (χ0n) is 14.1. The van der Waals surface area contributed by atoms with Crippen LogP contribution in [0.1, 0.15) is 31.4 Å². The van der Waals surface area contributed by atoms with Crippen LogP contribution in [0.5, 0.6) is 0 Å². The summed E-state index contributed by atoms with van der Waals surface area (Å²) in [6.07, 6.45) is 5.87. The van der Waals surface area contributed by atoms with Crippen molar-refractivity contribution in [3.05, 3.63) is 18.2 Å². The number of hydrogen-bond donors (Lipinski definition) is 6. The van der Waals surface area contributed by atoms with E-state index in [-0.39, 0.29) is 11.8 Å². The number of H-pyrrole nitrogens is 1. The van der Waals surface area contributed by atoms with Crippen LogP contribution >= 0.6 is 0 Å². The third-order valence-electron chi connectivity index (χ3n) is 3.56. The number of hydrogen-bond acceptors (Lipinski definition) is 6. The molecule has 3 heterocycles. The summed E-state index contributed by atoms with van der Waals surface area (Å²) in [5.74, 6) is -2.22. The molecule has 2 saturated heterocycles. The number of aromatic nitrogens is 2. The molecule has 0 aromatic carbocycles. The van der Waals surface area contributed by atoms with Gasteiger partial charge < -0.3 is 31.6 Å². The fourth-order valence-corrected chi connectivity index (χ4v) is 2.18. The summed E-state index contributed by atoms with van der Waals surface area (Å²) in [6.45, 7) is 0.683. The van der Waals surface area contributed by atoms with Crippen LogP contribution in [-0.4, -0.2) is 62.6 Å². The van der Waals surface area contributed by atoms with Crippen molar-refractivity contribution >= 4 is 23.8 Å². The highest BCUT2D eigenvalue weighted by Gasteiger charge is 2.26. The van der Waals surface area contributed by atoms with E-state index < -0.39 is 24.0 Å². The molecule has 2 aliphatic heterocycles. The normalized spacial score (nSPS) is 20.8. The lowest BCUT2D eigenvalue weighted by Crippen LogP contribution is -2.32. The number of carbonyl (C=O) groups is 4. The fraction of sp³-hybridized carbons (Fsp3) is 0.533. The van der Waals surface area contributed by atoms with Gasteiger partial charge in [-0.3, -0.25) is 9.59 Å². The van der Waals surface area contributed by atoms with Crippen LogP contribution < -0.4 is 16.4 Å².